The van der Waals surface area contributed by atoms with Crippen LogP contribution >= 0.6 is 11.6 Å². The molecule has 1 N–H and O–H groups in total. The zero-order valence-electron chi connectivity index (χ0n) is 18.7. The molecule has 1 aliphatic rings. The number of aliphatic hydroxyl groups excluding tert-OH is 1. The third-order valence-corrected chi connectivity index (χ3v) is 6.96. The van der Waals surface area contributed by atoms with Crippen LogP contribution in [0.3, 0.4) is 0 Å². The quantitative estimate of drug-likeness (QED) is 0.365. The van der Waals surface area contributed by atoms with Gasteiger partial charge in [0.2, 0.25) is 0 Å². The summed E-state index contributed by atoms with van der Waals surface area (Å²) in [5.41, 5.74) is 3.65. The van der Waals surface area contributed by atoms with Crippen LogP contribution in [-0.4, -0.2) is 17.1 Å². The molecule has 172 valence electrons. The first-order chi connectivity index (χ1) is 14.8. The number of ketones is 1. The van der Waals surface area contributed by atoms with Gasteiger partial charge in [0.1, 0.15) is 5.76 Å². The van der Waals surface area contributed by atoms with E-state index in [9.17, 15) is 23.1 Å². The highest BCUT2D eigenvalue weighted by molar-refractivity contribution is 6.30. The first kappa shape index (κ1) is 24.4. The van der Waals surface area contributed by atoms with Gasteiger partial charge in [0.15, 0.2) is 5.78 Å². The monoisotopic (exact) mass is 464 g/mol. The largest absolute Gasteiger partial charge is 0.511 e. The average Bonchev–Trinajstić information content (AvgIpc) is 2.70. The number of allylic oxidation sites excluding steroid dienone is 2. The maximum atomic E-state index is 13.1. The lowest BCUT2D eigenvalue weighted by atomic mass is 9.68. The van der Waals surface area contributed by atoms with Gasteiger partial charge in [-0.05, 0) is 86.4 Å². The number of hydrogen-bond acceptors (Lipinski definition) is 2. The summed E-state index contributed by atoms with van der Waals surface area (Å²) in [4.78, 5) is 12.6. The van der Waals surface area contributed by atoms with Gasteiger partial charge in [0.25, 0.3) is 0 Å². The molecule has 6 heteroatoms. The lowest BCUT2D eigenvalue weighted by Gasteiger charge is -2.38. The summed E-state index contributed by atoms with van der Waals surface area (Å²) < 4.78 is 39.3. The number of rotatable bonds is 4. The van der Waals surface area contributed by atoms with E-state index in [-0.39, 0.29) is 42.8 Å². The number of carbonyl (C=O) groups excluding carboxylic acids is 1. The summed E-state index contributed by atoms with van der Waals surface area (Å²) in [6.45, 7) is 6.94. The van der Waals surface area contributed by atoms with E-state index in [4.69, 9.17) is 11.6 Å². The molecule has 1 saturated carbocycles. The molecule has 0 unspecified atom stereocenters. The third kappa shape index (κ3) is 4.88. The van der Waals surface area contributed by atoms with Gasteiger partial charge in [-0.2, -0.15) is 13.2 Å². The molecular weight excluding hydrogens is 437 g/mol. The Balaban J connectivity index is 2.03. The van der Waals surface area contributed by atoms with Crippen molar-refractivity contribution in [3.05, 3.63) is 63.9 Å². The molecule has 1 aliphatic carbocycles. The highest BCUT2D eigenvalue weighted by Gasteiger charge is 2.46. The lowest BCUT2D eigenvalue weighted by molar-refractivity contribution is -0.186. The number of aryl methyl sites for hydroxylation is 2. The Morgan fingerprint density at radius 2 is 1.62 bits per heavy atom. The first-order valence-electron chi connectivity index (χ1n) is 10.7. The molecule has 0 saturated heterocycles. The lowest BCUT2D eigenvalue weighted by Crippen LogP contribution is -2.34. The second-order valence-corrected chi connectivity index (χ2v) is 9.58. The highest BCUT2D eigenvalue weighted by Crippen LogP contribution is 2.49. The van der Waals surface area contributed by atoms with Crippen molar-refractivity contribution in [1.82, 2.24) is 0 Å². The van der Waals surface area contributed by atoms with Crippen LogP contribution in [0.1, 0.15) is 56.2 Å². The van der Waals surface area contributed by atoms with E-state index >= 15 is 0 Å². The molecule has 1 fully saturated rings. The van der Waals surface area contributed by atoms with Crippen LogP contribution in [0.15, 0.2) is 42.2 Å². The van der Waals surface area contributed by atoms with Crippen LogP contribution < -0.4 is 0 Å². The zero-order valence-corrected chi connectivity index (χ0v) is 19.5. The van der Waals surface area contributed by atoms with Gasteiger partial charge < -0.3 is 5.11 Å². The SMILES string of the molecule is CC(=O)/C(=C(/O)C1(C)CCC(C(F)(F)F)CC1)c1cc(C)c(-c2ccc(Cl)cc2)cc1C. The summed E-state index contributed by atoms with van der Waals surface area (Å²) in [7, 11) is 0. The molecule has 2 aromatic carbocycles. The zero-order chi connectivity index (χ0) is 23.8. The molecule has 0 amide bonds. The molecule has 3 rings (SSSR count). The van der Waals surface area contributed by atoms with Gasteiger partial charge in [0.05, 0.1) is 11.5 Å². The maximum absolute atomic E-state index is 13.1. The number of alkyl halides is 3. The predicted octanol–water partition coefficient (Wildman–Crippen LogP) is 8.24. The molecule has 0 aromatic heterocycles. The van der Waals surface area contributed by atoms with Crippen molar-refractivity contribution in [2.24, 2.45) is 11.3 Å². The van der Waals surface area contributed by atoms with Gasteiger partial charge in [-0.15, -0.1) is 0 Å². The fraction of sp³-hybridized carbons (Fsp3) is 0.423. The van der Waals surface area contributed by atoms with Gasteiger partial charge in [-0.3, -0.25) is 4.79 Å². The molecule has 2 aromatic rings. The number of hydrogen-bond donors (Lipinski definition) is 1. The molecule has 0 radical (unpaired) electrons. The van der Waals surface area contributed by atoms with E-state index in [0.717, 1.165) is 22.3 Å². The summed E-state index contributed by atoms with van der Waals surface area (Å²) in [6, 6.07) is 11.3. The molecule has 0 heterocycles. The molecule has 0 bridgehead atoms. The van der Waals surface area contributed by atoms with Crippen LogP contribution in [0.5, 0.6) is 0 Å². The summed E-state index contributed by atoms with van der Waals surface area (Å²) in [5, 5.41) is 11.8. The van der Waals surface area contributed by atoms with Gasteiger partial charge in [-0.25, -0.2) is 0 Å². The molecule has 2 nitrogen and oxygen atoms in total. The fourth-order valence-electron chi connectivity index (χ4n) is 4.63. The molecule has 0 aliphatic heterocycles. The van der Waals surface area contributed by atoms with E-state index in [0.29, 0.717) is 10.6 Å². The maximum Gasteiger partial charge on any atom is 0.391 e. The molecule has 32 heavy (non-hydrogen) atoms. The van der Waals surface area contributed by atoms with Gasteiger partial charge in [-0.1, -0.05) is 42.8 Å². The number of Topliss-reactive ketones (excluding diaryl/α,β-unsaturated/α-hetero) is 1. The van der Waals surface area contributed by atoms with Crippen LogP contribution in [0.25, 0.3) is 16.7 Å². The van der Waals surface area contributed by atoms with Gasteiger partial charge in [0, 0.05) is 10.4 Å². The van der Waals surface area contributed by atoms with E-state index < -0.39 is 17.5 Å². The Bertz CT molecular complexity index is 1040. The average molecular weight is 465 g/mol. The van der Waals surface area contributed by atoms with Crippen LogP contribution in [0.4, 0.5) is 13.2 Å². The van der Waals surface area contributed by atoms with Crippen LogP contribution in [0, 0.1) is 25.2 Å². The van der Waals surface area contributed by atoms with Crippen molar-refractivity contribution in [2.75, 3.05) is 0 Å². The smallest absolute Gasteiger partial charge is 0.391 e. The molecule has 0 atom stereocenters. The first-order valence-corrected chi connectivity index (χ1v) is 11.1. The normalized spacial score (nSPS) is 22.4. The Kier molecular flexibility index (Phi) is 6.80. The van der Waals surface area contributed by atoms with E-state index in [1.807, 2.05) is 50.2 Å². The third-order valence-electron chi connectivity index (χ3n) is 6.71. The number of benzene rings is 2. The van der Waals surface area contributed by atoms with Crippen molar-refractivity contribution in [3.8, 4) is 11.1 Å². The number of aliphatic hydroxyl groups is 1. The van der Waals surface area contributed by atoms with Gasteiger partial charge >= 0.3 is 6.18 Å². The Morgan fingerprint density at radius 3 is 2.12 bits per heavy atom. The molecule has 0 spiro atoms. The van der Waals surface area contributed by atoms with Crippen LogP contribution in [-0.2, 0) is 4.79 Å². The number of carbonyl (C=O) groups is 1. The Labute approximate surface area is 192 Å². The van der Waals surface area contributed by atoms with Crippen molar-refractivity contribution >= 4 is 23.0 Å². The highest BCUT2D eigenvalue weighted by atomic mass is 35.5. The van der Waals surface area contributed by atoms with Crippen LogP contribution in [0.2, 0.25) is 5.02 Å². The second kappa shape index (κ2) is 8.93. The topological polar surface area (TPSA) is 37.3 Å². The minimum Gasteiger partial charge on any atom is -0.511 e. The van der Waals surface area contributed by atoms with E-state index in [1.54, 1.807) is 6.92 Å². The minimum atomic E-state index is -4.23. The standard InChI is InChI=1S/C26H28ClF3O2/c1-15-14-22(16(2)13-21(15)18-5-7-20(27)8-6-18)23(17(3)31)24(32)25(4)11-9-19(10-12-25)26(28,29)30/h5-8,13-14,19,32H,9-12H2,1-4H3/b24-23-. The minimum absolute atomic E-state index is 0.0528. The Hall–Kier alpha value is -2.27. The summed E-state index contributed by atoms with van der Waals surface area (Å²) in [6.07, 6.45) is -3.97. The summed E-state index contributed by atoms with van der Waals surface area (Å²) in [5.74, 6) is -1.76. The fourth-order valence-corrected chi connectivity index (χ4v) is 4.76. The van der Waals surface area contributed by atoms with Crippen molar-refractivity contribution in [2.45, 2.75) is 59.6 Å². The predicted molar refractivity (Wildman–Crippen MR) is 123 cm³/mol. The van der Waals surface area contributed by atoms with E-state index in [1.165, 1.54) is 6.92 Å². The summed E-state index contributed by atoms with van der Waals surface area (Å²) >= 11 is 5.99. The van der Waals surface area contributed by atoms with Crippen molar-refractivity contribution < 1.29 is 23.1 Å². The molecular formula is C26H28ClF3O2. The Morgan fingerprint density at radius 1 is 1.06 bits per heavy atom. The second-order valence-electron chi connectivity index (χ2n) is 9.15. The van der Waals surface area contributed by atoms with E-state index in [2.05, 4.69) is 0 Å². The van der Waals surface area contributed by atoms with Crippen molar-refractivity contribution in [3.63, 3.8) is 0 Å². The van der Waals surface area contributed by atoms with Crippen molar-refractivity contribution in [1.29, 1.82) is 0 Å². The number of halogens is 4.